The van der Waals surface area contributed by atoms with Gasteiger partial charge in [0.15, 0.2) is 0 Å². The summed E-state index contributed by atoms with van der Waals surface area (Å²) in [5.74, 6) is -1.15. The molecule has 0 saturated carbocycles. The van der Waals surface area contributed by atoms with E-state index in [9.17, 15) is 19.5 Å². The number of aliphatic hydroxyl groups excluding tert-OH is 1. The van der Waals surface area contributed by atoms with Crippen LogP contribution in [0.5, 0.6) is 0 Å². The van der Waals surface area contributed by atoms with E-state index in [1.165, 1.54) is 6.92 Å². The van der Waals surface area contributed by atoms with Crippen LogP contribution >= 0.6 is 0 Å². The Kier molecular flexibility index (Phi) is 5.58. The summed E-state index contributed by atoms with van der Waals surface area (Å²) in [6, 6.07) is 12.2. The molecule has 0 spiro atoms. The minimum absolute atomic E-state index is 0.0334. The van der Waals surface area contributed by atoms with Crippen LogP contribution in [0.2, 0.25) is 0 Å². The van der Waals surface area contributed by atoms with Crippen molar-refractivity contribution in [1.29, 1.82) is 0 Å². The first-order valence-electron chi connectivity index (χ1n) is 11.6. The largest absolute Gasteiger partial charge is 0.396 e. The molecule has 3 aliphatic heterocycles. The number of pyridine rings is 1. The van der Waals surface area contributed by atoms with Gasteiger partial charge in [-0.15, -0.1) is 0 Å². The van der Waals surface area contributed by atoms with Gasteiger partial charge in [0.25, 0.3) is 5.56 Å². The number of aromatic nitrogens is 1. The Morgan fingerprint density at radius 2 is 1.73 bits per heavy atom. The number of piperazine rings is 1. The molecule has 2 amide bonds. The quantitative estimate of drug-likeness (QED) is 0.748. The Morgan fingerprint density at radius 3 is 2.36 bits per heavy atom. The van der Waals surface area contributed by atoms with Crippen molar-refractivity contribution in [3.63, 3.8) is 0 Å². The number of carbonyl (C=O) groups excluding carboxylic acids is 2. The lowest BCUT2D eigenvalue weighted by Crippen LogP contribution is -2.51. The Balaban J connectivity index is 1.60. The number of likely N-dealkylation sites (N-methyl/N-ethyl adjacent to an activating group) is 1. The molecule has 2 aromatic rings. The van der Waals surface area contributed by atoms with Crippen LogP contribution in [-0.4, -0.2) is 82.1 Å². The number of rotatable bonds is 3. The van der Waals surface area contributed by atoms with E-state index < -0.39 is 23.9 Å². The standard InChI is InChI=1S/C25H30N4O4/c1-16(31)29-21-14-28-20(9-8-18(24(28)32)17-6-4-3-5-7-17)23(29)22(19(21)15-30)25(33)27-12-10-26(2)11-13-27/h3-9,19,21-23,30H,10-15H2,1-2H3/t19-,21-,22+,23+/m1/s1. The Bertz CT molecular complexity index is 1120. The minimum atomic E-state index is -0.567. The number of nitrogens with zero attached hydrogens (tertiary/aromatic N) is 4. The summed E-state index contributed by atoms with van der Waals surface area (Å²) >= 11 is 0. The van der Waals surface area contributed by atoms with Crippen molar-refractivity contribution in [1.82, 2.24) is 19.3 Å². The van der Waals surface area contributed by atoms with Crippen molar-refractivity contribution in [3.05, 3.63) is 58.5 Å². The molecule has 2 fully saturated rings. The predicted molar refractivity (Wildman–Crippen MR) is 123 cm³/mol. The van der Waals surface area contributed by atoms with E-state index in [2.05, 4.69) is 4.90 Å². The molecule has 33 heavy (non-hydrogen) atoms. The Labute approximate surface area is 193 Å². The van der Waals surface area contributed by atoms with E-state index in [0.29, 0.717) is 24.3 Å². The van der Waals surface area contributed by atoms with E-state index in [0.717, 1.165) is 18.7 Å². The molecule has 0 aliphatic carbocycles. The zero-order chi connectivity index (χ0) is 23.3. The monoisotopic (exact) mass is 450 g/mol. The number of hydrogen-bond donors (Lipinski definition) is 1. The van der Waals surface area contributed by atoms with Crippen molar-refractivity contribution in [2.45, 2.75) is 25.6 Å². The molecule has 8 nitrogen and oxygen atoms in total. The highest BCUT2D eigenvalue weighted by Gasteiger charge is 2.57. The molecular formula is C25H30N4O4. The molecule has 2 saturated heterocycles. The zero-order valence-corrected chi connectivity index (χ0v) is 19.1. The second-order valence-corrected chi connectivity index (χ2v) is 9.39. The van der Waals surface area contributed by atoms with Crippen LogP contribution in [0.1, 0.15) is 18.7 Å². The molecule has 3 aliphatic rings. The van der Waals surface area contributed by atoms with Gasteiger partial charge in [-0.2, -0.15) is 0 Å². The molecule has 1 aromatic carbocycles. The third kappa shape index (κ3) is 3.48. The zero-order valence-electron chi connectivity index (χ0n) is 19.1. The van der Waals surface area contributed by atoms with E-state index in [4.69, 9.17) is 0 Å². The number of amides is 2. The number of fused-ring (bicyclic) bond motifs is 4. The van der Waals surface area contributed by atoms with Gasteiger partial charge in [0.2, 0.25) is 11.8 Å². The summed E-state index contributed by atoms with van der Waals surface area (Å²) in [5.41, 5.74) is 1.98. The van der Waals surface area contributed by atoms with E-state index in [1.807, 2.05) is 48.3 Å². The van der Waals surface area contributed by atoms with Gasteiger partial charge in [0.05, 0.1) is 18.0 Å². The topological polar surface area (TPSA) is 86.1 Å². The maximum Gasteiger partial charge on any atom is 0.258 e. The number of aliphatic hydroxyl groups is 1. The summed E-state index contributed by atoms with van der Waals surface area (Å²) in [4.78, 5) is 45.7. The van der Waals surface area contributed by atoms with E-state index in [-0.39, 0.29) is 30.5 Å². The fourth-order valence-electron chi connectivity index (χ4n) is 5.89. The molecule has 0 unspecified atom stereocenters. The first-order valence-corrected chi connectivity index (χ1v) is 11.6. The number of benzene rings is 1. The third-order valence-electron chi connectivity index (χ3n) is 7.59. The number of carbonyl (C=O) groups is 2. The summed E-state index contributed by atoms with van der Waals surface area (Å²) in [7, 11) is 2.03. The van der Waals surface area contributed by atoms with Gasteiger partial charge in [-0.1, -0.05) is 30.3 Å². The van der Waals surface area contributed by atoms with Crippen molar-refractivity contribution >= 4 is 11.8 Å². The van der Waals surface area contributed by atoms with E-state index >= 15 is 0 Å². The summed E-state index contributed by atoms with van der Waals surface area (Å²) in [6.07, 6.45) is 0. The van der Waals surface area contributed by atoms with Crippen LogP contribution in [0.3, 0.4) is 0 Å². The van der Waals surface area contributed by atoms with Crippen molar-refractivity contribution in [3.8, 4) is 11.1 Å². The number of hydrogen-bond acceptors (Lipinski definition) is 5. The van der Waals surface area contributed by atoms with Crippen LogP contribution in [-0.2, 0) is 16.1 Å². The molecule has 1 N–H and O–H groups in total. The molecule has 1 aromatic heterocycles. The highest BCUT2D eigenvalue weighted by atomic mass is 16.3. The summed E-state index contributed by atoms with van der Waals surface area (Å²) in [5, 5.41) is 10.3. The molecule has 4 atom stereocenters. The maximum atomic E-state index is 13.7. The van der Waals surface area contributed by atoms with Crippen LogP contribution in [0, 0.1) is 11.8 Å². The fraction of sp³-hybridized carbons (Fsp3) is 0.480. The smallest absolute Gasteiger partial charge is 0.258 e. The second-order valence-electron chi connectivity index (χ2n) is 9.39. The molecule has 5 rings (SSSR count). The average Bonchev–Trinajstić information content (AvgIpc) is 3.07. The normalized spacial score (nSPS) is 26.9. The van der Waals surface area contributed by atoms with E-state index in [1.54, 1.807) is 15.5 Å². The molecule has 174 valence electrons. The van der Waals surface area contributed by atoms with Crippen molar-refractivity contribution in [2.24, 2.45) is 11.8 Å². The van der Waals surface area contributed by atoms with Gasteiger partial charge >= 0.3 is 0 Å². The fourth-order valence-corrected chi connectivity index (χ4v) is 5.89. The Morgan fingerprint density at radius 1 is 1.03 bits per heavy atom. The van der Waals surface area contributed by atoms with Gasteiger partial charge in [-0.3, -0.25) is 14.4 Å². The minimum Gasteiger partial charge on any atom is -0.396 e. The average molecular weight is 451 g/mol. The highest BCUT2D eigenvalue weighted by Crippen LogP contribution is 2.49. The lowest BCUT2D eigenvalue weighted by Gasteiger charge is -2.39. The SMILES string of the molecule is CC(=O)N1[C@@H]2Cn3c(ccc(-c4ccccc4)c3=O)[C@H]1[C@@H](C(=O)N1CCN(C)CC1)[C@@H]2CO. The predicted octanol–water partition coefficient (Wildman–Crippen LogP) is 0.799. The van der Waals surface area contributed by atoms with Gasteiger partial charge in [-0.05, 0) is 24.7 Å². The van der Waals surface area contributed by atoms with Crippen molar-refractivity contribution < 1.29 is 14.7 Å². The van der Waals surface area contributed by atoms with Crippen LogP contribution in [0.15, 0.2) is 47.3 Å². The molecular weight excluding hydrogens is 420 g/mol. The summed E-state index contributed by atoms with van der Waals surface area (Å²) < 4.78 is 1.72. The van der Waals surface area contributed by atoms with Gasteiger partial charge in [0.1, 0.15) is 0 Å². The lowest BCUT2D eigenvalue weighted by atomic mass is 9.86. The maximum absolute atomic E-state index is 13.7. The molecule has 8 heteroatoms. The third-order valence-corrected chi connectivity index (χ3v) is 7.59. The summed E-state index contributed by atoms with van der Waals surface area (Å²) in [6.45, 7) is 4.42. The first-order chi connectivity index (χ1) is 15.9. The highest BCUT2D eigenvalue weighted by molar-refractivity contribution is 5.84. The molecule has 4 heterocycles. The van der Waals surface area contributed by atoms with Gasteiger partial charge in [0, 0.05) is 63.4 Å². The van der Waals surface area contributed by atoms with Crippen LogP contribution < -0.4 is 5.56 Å². The molecule has 0 radical (unpaired) electrons. The van der Waals surface area contributed by atoms with Crippen LogP contribution in [0.25, 0.3) is 11.1 Å². The molecule has 2 bridgehead atoms. The Hall–Kier alpha value is -2.97. The van der Waals surface area contributed by atoms with Gasteiger partial charge < -0.3 is 24.4 Å². The first kappa shape index (κ1) is 21.9. The lowest BCUT2D eigenvalue weighted by molar-refractivity contribution is -0.140. The van der Waals surface area contributed by atoms with Crippen molar-refractivity contribution in [2.75, 3.05) is 39.8 Å². The van der Waals surface area contributed by atoms with Crippen LogP contribution in [0.4, 0.5) is 0 Å². The second kappa shape index (κ2) is 8.43. The van der Waals surface area contributed by atoms with Gasteiger partial charge in [-0.25, -0.2) is 0 Å².